The summed E-state index contributed by atoms with van der Waals surface area (Å²) < 4.78 is 0.970. The largest absolute Gasteiger partial charge is 0.352 e. The van der Waals surface area contributed by atoms with E-state index in [1.165, 1.54) is 0 Å². The van der Waals surface area contributed by atoms with E-state index >= 15 is 0 Å². The highest BCUT2D eigenvalue weighted by atomic mass is 127. The lowest BCUT2D eigenvalue weighted by atomic mass is 10.2. The summed E-state index contributed by atoms with van der Waals surface area (Å²) in [7, 11) is 0. The molecule has 1 aromatic heterocycles. The maximum Gasteiger partial charge on any atom is 0.252 e. The van der Waals surface area contributed by atoms with Gasteiger partial charge >= 0.3 is 0 Å². The summed E-state index contributed by atoms with van der Waals surface area (Å²) in [4.78, 5) is 16.3. The zero-order valence-corrected chi connectivity index (χ0v) is 12.9. The highest BCUT2D eigenvalue weighted by Crippen LogP contribution is 2.11. The third-order valence-electron chi connectivity index (χ3n) is 2.41. The Hall–Kier alpha value is -0.950. The van der Waals surface area contributed by atoms with Crippen molar-refractivity contribution in [2.75, 3.05) is 6.54 Å². The zero-order chi connectivity index (χ0) is 13.0. The predicted molar refractivity (Wildman–Crippen MR) is 82.0 cm³/mol. The molecule has 3 nitrogen and oxygen atoms in total. The summed E-state index contributed by atoms with van der Waals surface area (Å²) in [6.07, 6.45) is 0.785. The summed E-state index contributed by atoms with van der Waals surface area (Å²) in [5.74, 6) is -0.0201. The van der Waals surface area contributed by atoms with Crippen LogP contribution in [0.5, 0.6) is 0 Å². The molecule has 0 bridgehead atoms. The third-order valence-corrected chi connectivity index (χ3v) is 4.38. The van der Waals surface area contributed by atoms with Crippen molar-refractivity contribution in [1.29, 1.82) is 0 Å². The molecule has 1 N–H and O–H groups in total. The summed E-state index contributed by atoms with van der Waals surface area (Å²) in [5.41, 5.74) is 1.77. The minimum atomic E-state index is -0.0201. The van der Waals surface area contributed by atoms with E-state index in [-0.39, 0.29) is 5.91 Å². The highest BCUT2D eigenvalue weighted by molar-refractivity contribution is 14.1. The van der Waals surface area contributed by atoms with Crippen LogP contribution in [0.25, 0.3) is 0 Å². The fourth-order valence-corrected chi connectivity index (χ4v) is 2.95. The smallest absolute Gasteiger partial charge is 0.252 e. The van der Waals surface area contributed by atoms with Gasteiger partial charge in [0.2, 0.25) is 0 Å². The normalized spacial score (nSPS) is 10.3. The van der Waals surface area contributed by atoms with Crippen LogP contribution in [0, 0.1) is 10.5 Å². The van der Waals surface area contributed by atoms with E-state index in [2.05, 4.69) is 32.9 Å². The molecule has 2 aromatic rings. The van der Waals surface area contributed by atoms with E-state index in [9.17, 15) is 4.79 Å². The average Bonchev–Trinajstić information content (AvgIpc) is 2.75. The topological polar surface area (TPSA) is 42.0 Å². The van der Waals surface area contributed by atoms with Crippen LogP contribution in [0.1, 0.15) is 21.1 Å². The number of carbonyl (C=O) groups is 1. The van der Waals surface area contributed by atoms with E-state index in [1.807, 2.05) is 36.6 Å². The Labute approximate surface area is 124 Å². The zero-order valence-electron chi connectivity index (χ0n) is 9.94. The van der Waals surface area contributed by atoms with Crippen molar-refractivity contribution in [1.82, 2.24) is 10.3 Å². The standard InChI is InChI=1S/C13H13IN2OS/c1-9-8-18-12(16-9)6-7-15-13(17)10-4-2-3-5-11(10)14/h2-5,8H,6-7H2,1H3,(H,15,17). The van der Waals surface area contributed by atoms with Crippen LogP contribution >= 0.6 is 33.9 Å². The predicted octanol–water partition coefficient (Wildman–Crippen LogP) is 3.03. The fraction of sp³-hybridized carbons (Fsp3) is 0.231. The van der Waals surface area contributed by atoms with Crippen LogP contribution < -0.4 is 5.32 Å². The molecule has 18 heavy (non-hydrogen) atoms. The van der Waals surface area contributed by atoms with Crippen LogP contribution in [-0.4, -0.2) is 17.4 Å². The molecule has 0 saturated carbocycles. The highest BCUT2D eigenvalue weighted by Gasteiger charge is 2.08. The number of nitrogens with zero attached hydrogens (tertiary/aromatic N) is 1. The second kappa shape index (κ2) is 6.29. The van der Waals surface area contributed by atoms with Crippen LogP contribution in [-0.2, 0) is 6.42 Å². The summed E-state index contributed by atoms with van der Waals surface area (Å²) in [6, 6.07) is 7.57. The lowest BCUT2D eigenvalue weighted by Crippen LogP contribution is -2.26. The monoisotopic (exact) mass is 372 g/mol. The molecule has 0 aliphatic carbocycles. The maximum absolute atomic E-state index is 11.9. The van der Waals surface area contributed by atoms with Gasteiger partial charge in [-0.25, -0.2) is 4.98 Å². The van der Waals surface area contributed by atoms with Crippen molar-refractivity contribution in [2.24, 2.45) is 0 Å². The molecule has 0 saturated heterocycles. The Bertz CT molecular complexity index is 553. The molecule has 0 radical (unpaired) electrons. The quantitative estimate of drug-likeness (QED) is 0.839. The SMILES string of the molecule is Cc1csc(CCNC(=O)c2ccccc2I)n1. The van der Waals surface area contributed by atoms with Crippen molar-refractivity contribution in [3.05, 3.63) is 49.5 Å². The Morgan fingerprint density at radius 3 is 2.89 bits per heavy atom. The number of nitrogens with one attached hydrogen (secondary N) is 1. The second-order valence-electron chi connectivity index (χ2n) is 3.87. The average molecular weight is 372 g/mol. The van der Waals surface area contributed by atoms with E-state index in [4.69, 9.17) is 0 Å². The second-order valence-corrected chi connectivity index (χ2v) is 5.97. The summed E-state index contributed by atoms with van der Waals surface area (Å²) >= 11 is 3.81. The summed E-state index contributed by atoms with van der Waals surface area (Å²) in [5, 5.41) is 6.01. The van der Waals surface area contributed by atoms with Crippen LogP contribution in [0.15, 0.2) is 29.6 Å². The number of halogens is 1. The van der Waals surface area contributed by atoms with E-state index < -0.39 is 0 Å². The van der Waals surface area contributed by atoms with E-state index in [0.29, 0.717) is 6.54 Å². The lowest BCUT2D eigenvalue weighted by molar-refractivity contribution is 0.0953. The molecule has 94 valence electrons. The van der Waals surface area contributed by atoms with Crippen LogP contribution in [0.3, 0.4) is 0 Å². The molecule has 2 rings (SSSR count). The minimum Gasteiger partial charge on any atom is -0.352 e. The maximum atomic E-state index is 11.9. The van der Waals surface area contributed by atoms with E-state index in [1.54, 1.807) is 11.3 Å². The van der Waals surface area contributed by atoms with Gasteiger partial charge in [-0.2, -0.15) is 0 Å². The Morgan fingerprint density at radius 2 is 2.22 bits per heavy atom. The van der Waals surface area contributed by atoms with Gasteiger partial charge in [0, 0.05) is 27.6 Å². The van der Waals surface area contributed by atoms with Gasteiger partial charge in [0.05, 0.1) is 10.6 Å². The Morgan fingerprint density at radius 1 is 1.44 bits per heavy atom. The van der Waals surface area contributed by atoms with Crippen molar-refractivity contribution in [3.63, 3.8) is 0 Å². The molecule has 0 aliphatic heterocycles. The van der Waals surface area contributed by atoms with Crippen LogP contribution in [0.2, 0.25) is 0 Å². The molecule has 1 aromatic carbocycles. The fourth-order valence-electron chi connectivity index (χ4n) is 1.54. The summed E-state index contributed by atoms with van der Waals surface area (Å²) in [6.45, 7) is 2.60. The van der Waals surface area contributed by atoms with Gasteiger partial charge in [0.15, 0.2) is 0 Å². The van der Waals surface area contributed by atoms with Gasteiger partial charge in [0.1, 0.15) is 0 Å². The molecule has 0 aliphatic rings. The first-order chi connectivity index (χ1) is 8.66. The van der Waals surface area contributed by atoms with Gasteiger partial charge in [0.25, 0.3) is 5.91 Å². The minimum absolute atomic E-state index is 0.0201. The Kier molecular flexibility index (Phi) is 4.71. The third kappa shape index (κ3) is 3.52. The van der Waals surface area contributed by atoms with Crippen molar-refractivity contribution in [3.8, 4) is 0 Å². The molecule has 1 heterocycles. The van der Waals surface area contributed by atoms with E-state index in [0.717, 1.165) is 26.3 Å². The van der Waals surface area contributed by atoms with Crippen LogP contribution in [0.4, 0.5) is 0 Å². The lowest BCUT2D eigenvalue weighted by Gasteiger charge is -2.05. The van der Waals surface area contributed by atoms with Gasteiger partial charge < -0.3 is 5.32 Å². The molecule has 5 heteroatoms. The number of thiazole rings is 1. The first-order valence-electron chi connectivity index (χ1n) is 5.60. The number of hydrogen-bond donors (Lipinski definition) is 1. The van der Waals surface area contributed by atoms with Crippen molar-refractivity contribution < 1.29 is 4.79 Å². The number of aromatic nitrogens is 1. The first kappa shape index (κ1) is 13.5. The molecular formula is C13H13IN2OS. The number of aryl methyl sites for hydroxylation is 1. The van der Waals surface area contributed by atoms with Gasteiger partial charge in [-0.15, -0.1) is 11.3 Å². The van der Waals surface area contributed by atoms with Crippen molar-refractivity contribution >= 4 is 39.8 Å². The number of carbonyl (C=O) groups excluding carboxylic acids is 1. The molecule has 0 spiro atoms. The molecule has 0 fully saturated rings. The van der Waals surface area contributed by atoms with Crippen molar-refractivity contribution in [2.45, 2.75) is 13.3 Å². The van der Waals surface area contributed by atoms with Gasteiger partial charge in [-0.1, -0.05) is 12.1 Å². The molecular weight excluding hydrogens is 359 g/mol. The number of rotatable bonds is 4. The molecule has 0 atom stereocenters. The molecule has 1 amide bonds. The first-order valence-corrected chi connectivity index (χ1v) is 7.56. The number of benzene rings is 1. The van der Waals surface area contributed by atoms with Gasteiger partial charge in [-0.05, 0) is 41.6 Å². The van der Waals surface area contributed by atoms with Gasteiger partial charge in [-0.3, -0.25) is 4.79 Å². The number of amides is 1. The Balaban J connectivity index is 1.87. The number of hydrogen-bond acceptors (Lipinski definition) is 3. The molecule has 0 unspecified atom stereocenters.